The zero-order valence-corrected chi connectivity index (χ0v) is 16.5. The summed E-state index contributed by atoms with van der Waals surface area (Å²) in [5, 5.41) is 13.8. The van der Waals surface area contributed by atoms with Gasteiger partial charge in [-0.25, -0.2) is 0 Å². The van der Waals surface area contributed by atoms with Gasteiger partial charge in [0.15, 0.2) is 0 Å². The fourth-order valence-corrected chi connectivity index (χ4v) is 2.91. The van der Waals surface area contributed by atoms with Crippen LogP contribution in [0.15, 0.2) is 30.5 Å². The van der Waals surface area contributed by atoms with Crippen molar-refractivity contribution in [2.45, 2.75) is 53.5 Å². The highest BCUT2D eigenvalue weighted by Gasteiger charge is 2.08. The first-order valence-corrected chi connectivity index (χ1v) is 9.59. The van der Waals surface area contributed by atoms with Crippen LogP contribution in [0.3, 0.4) is 0 Å². The molecule has 4 heteroatoms. The average molecular weight is 346 g/mol. The van der Waals surface area contributed by atoms with E-state index < -0.39 is 0 Å². The van der Waals surface area contributed by atoms with E-state index in [9.17, 15) is 0 Å². The topological polar surface area (TPSA) is 48.4 Å². The SMILES string of the molecule is CC.CCN(CCO)CCCC(C)Nc1ccnc2cc(C)ccc12. The van der Waals surface area contributed by atoms with Gasteiger partial charge in [0.25, 0.3) is 0 Å². The van der Waals surface area contributed by atoms with E-state index in [1.165, 1.54) is 10.9 Å². The Morgan fingerprint density at radius 1 is 1.20 bits per heavy atom. The summed E-state index contributed by atoms with van der Waals surface area (Å²) in [7, 11) is 0. The molecule has 0 radical (unpaired) electrons. The summed E-state index contributed by atoms with van der Waals surface area (Å²) in [5.41, 5.74) is 3.44. The fraction of sp³-hybridized carbons (Fsp3) is 0.571. The molecule has 0 spiro atoms. The maximum Gasteiger partial charge on any atom is 0.0725 e. The molecule has 0 fully saturated rings. The summed E-state index contributed by atoms with van der Waals surface area (Å²) in [6.07, 6.45) is 4.11. The van der Waals surface area contributed by atoms with E-state index in [0.29, 0.717) is 6.04 Å². The third-order valence-electron chi connectivity index (χ3n) is 4.28. The number of likely N-dealkylation sites (N-methyl/N-ethyl adjacent to an activating group) is 1. The zero-order chi connectivity index (χ0) is 18.7. The van der Waals surface area contributed by atoms with Crippen LogP contribution < -0.4 is 5.32 Å². The van der Waals surface area contributed by atoms with Crippen LogP contribution in [-0.2, 0) is 0 Å². The number of anilines is 1. The lowest BCUT2D eigenvalue weighted by Gasteiger charge is -2.21. The molecule has 1 unspecified atom stereocenters. The van der Waals surface area contributed by atoms with E-state index in [1.807, 2.05) is 20.0 Å². The van der Waals surface area contributed by atoms with E-state index in [4.69, 9.17) is 5.11 Å². The second-order valence-corrected chi connectivity index (χ2v) is 6.22. The number of nitrogens with zero attached hydrogens (tertiary/aromatic N) is 2. The van der Waals surface area contributed by atoms with Crippen LogP contribution in [0.5, 0.6) is 0 Å². The van der Waals surface area contributed by atoms with Gasteiger partial charge < -0.3 is 15.3 Å². The first-order valence-electron chi connectivity index (χ1n) is 9.59. The van der Waals surface area contributed by atoms with E-state index in [1.54, 1.807) is 0 Å². The summed E-state index contributed by atoms with van der Waals surface area (Å²) in [6, 6.07) is 8.87. The minimum Gasteiger partial charge on any atom is -0.395 e. The van der Waals surface area contributed by atoms with Crippen LogP contribution >= 0.6 is 0 Å². The smallest absolute Gasteiger partial charge is 0.0725 e. The molecule has 0 saturated carbocycles. The number of benzene rings is 1. The molecular formula is C21H35N3O. The van der Waals surface area contributed by atoms with Crippen LogP contribution in [0.2, 0.25) is 0 Å². The molecule has 0 aliphatic heterocycles. The summed E-state index contributed by atoms with van der Waals surface area (Å²) in [5.74, 6) is 0. The second kappa shape index (κ2) is 11.8. The molecule has 2 N–H and O–H groups in total. The summed E-state index contributed by atoms with van der Waals surface area (Å²) in [6.45, 7) is 13.5. The summed E-state index contributed by atoms with van der Waals surface area (Å²) >= 11 is 0. The Morgan fingerprint density at radius 2 is 1.96 bits per heavy atom. The number of hydrogen-bond donors (Lipinski definition) is 2. The van der Waals surface area contributed by atoms with Crippen molar-refractivity contribution in [2.24, 2.45) is 0 Å². The molecule has 0 aliphatic rings. The first-order chi connectivity index (χ1) is 12.1. The number of aliphatic hydroxyl groups is 1. The molecule has 2 aromatic rings. The van der Waals surface area contributed by atoms with Gasteiger partial charge in [-0.15, -0.1) is 0 Å². The van der Waals surface area contributed by atoms with Crippen LogP contribution in [0.25, 0.3) is 10.9 Å². The number of fused-ring (bicyclic) bond motifs is 1. The fourth-order valence-electron chi connectivity index (χ4n) is 2.91. The van der Waals surface area contributed by atoms with Crippen molar-refractivity contribution in [2.75, 3.05) is 31.6 Å². The summed E-state index contributed by atoms with van der Waals surface area (Å²) in [4.78, 5) is 6.75. The van der Waals surface area contributed by atoms with E-state index in [0.717, 1.165) is 43.7 Å². The maximum absolute atomic E-state index is 9.03. The largest absolute Gasteiger partial charge is 0.395 e. The second-order valence-electron chi connectivity index (χ2n) is 6.22. The average Bonchev–Trinajstić information content (AvgIpc) is 2.62. The van der Waals surface area contributed by atoms with E-state index in [2.05, 4.69) is 60.2 Å². The van der Waals surface area contributed by atoms with Gasteiger partial charge >= 0.3 is 0 Å². The van der Waals surface area contributed by atoms with Crippen molar-refractivity contribution in [3.05, 3.63) is 36.0 Å². The van der Waals surface area contributed by atoms with Crippen molar-refractivity contribution < 1.29 is 5.11 Å². The lowest BCUT2D eigenvalue weighted by atomic mass is 10.1. The first kappa shape index (κ1) is 21.4. The van der Waals surface area contributed by atoms with Gasteiger partial charge in [0.2, 0.25) is 0 Å². The van der Waals surface area contributed by atoms with Gasteiger partial charge in [-0.05, 0) is 57.5 Å². The quantitative estimate of drug-likeness (QED) is 0.704. The zero-order valence-electron chi connectivity index (χ0n) is 16.5. The number of rotatable bonds is 9. The molecule has 25 heavy (non-hydrogen) atoms. The standard InChI is InChI=1S/C19H29N3O.C2H6/c1-4-22(12-13-23)11-5-6-16(3)21-18-9-10-20-19-14-15(2)7-8-17(18)19;1-2/h7-10,14,16,23H,4-6,11-13H2,1-3H3,(H,20,21);1-2H3. The minimum absolute atomic E-state index is 0.240. The van der Waals surface area contributed by atoms with Crippen molar-refractivity contribution in [3.8, 4) is 0 Å². The highest BCUT2D eigenvalue weighted by Crippen LogP contribution is 2.23. The molecule has 0 saturated heterocycles. The highest BCUT2D eigenvalue weighted by molar-refractivity contribution is 5.91. The normalized spacial score (nSPS) is 12.0. The number of pyridine rings is 1. The Labute approximate surface area is 153 Å². The Kier molecular flexibility index (Phi) is 10.1. The summed E-state index contributed by atoms with van der Waals surface area (Å²) < 4.78 is 0. The molecule has 2 rings (SSSR count). The van der Waals surface area contributed by atoms with Crippen molar-refractivity contribution >= 4 is 16.6 Å². The van der Waals surface area contributed by atoms with Crippen LogP contribution in [-0.4, -0.2) is 47.3 Å². The van der Waals surface area contributed by atoms with Crippen LogP contribution in [0.1, 0.15) is 46.1 Å². The lowest BCUT2D eigenvalue weighted by molar-refractivity contribution is 0.199. The molecular weight excluding hydrogens is 310 g/mol. The number of aromatic nitrogens is 1. The Balaban J connectivity index is 0.00000151. The molecule has 1 heterocycles. The predicted octanol–water partition coefficient (Wildman–Crippen LogP) is 4.46. The number of aliphatic hydroxyl groups excluding tert-OH is 1. The molecule has 0 aliphatic carbocycles. The minimum atomic E-state index is 0.240. The molecule has 0 bridgehead atoms. The number of aryl methyl sites for hydroxylation is 1. The third kappa shape index (κ3) is 7.00. The lowest BCUT2D eigenvalue weighted by Crippen LogP contribution is -2.28. The van der Waals surface area contributed by atoms with Crippen molar-refractivity contribution in [1.82, 2.24) is 9.88 Å². The van der Waals surface area contributed by atoms with Crippen molar-refractivity contribution in [1.29, 1.82) is 0 Å². The Morgan fingerprint density at radius 3 is 2.64 bits per heavy atom. The molecule has 0 amide bonds. The highest BCUT2D eigenvalue weighted by atomic mass is 16.3. The van der Waals surface area contributed by atoms with Gasteiger partial charge in [0.1, 0.15) is 0 Å². The molecule has 1 aromatic heterocycles. The maximum atomic E-state index is 9.03. The predicted molar refractivity (Wildman–Crippen MR) is 109 cm³/mol. The van der Waals surface area contributed by atoms with Crippen LogP contribution in [0, 0.1) is 6.92 Å². The Bertz CT molecular complexity index is 615. The van der Waals surface area contributed by atoms with Gasteiger partial charge in [-0.1, -0.05) is 32.9 Å². The van der Waals surface area contributed by atoms with Gasteiger partial charge in [-0.2, -0.15) is 0 Å². The molecule has 140 valence electrons. The molecule has 1 atom stereocenters. The number of hydrogen-bond acceptors (Lipinski definition) is 4. The van der Waals surface area contributed by atoms with Crippen LogP contribution in [0.4, 0.5) is 5.69 Å². The van der Waals surface area contributed by atoms with E-state index in [-0.39, 0.29) is 6.61 Å². The third-order valence-corrected chi connectivity index (χ3v) is 4.28. The Hall–Kier alpha value is -1.65. The van der Waals surface area contributed by atoms with Gasteiger partial charge in [-0.3, -0.25) is 4.98 Å². The van der Waals surface area contributed by atoms with Gasteiger partial charge in [0.05, 0.1) is 12.1 Å². The molecule has 1 aromatic carbocycles. The van der Waals surface area contributed by atoms with E-state index >= 15 is 0 Å². The monoisotopic (exact) mass is 345 g/mol. The molecule has 4 nitrogen and oxygen atoms in total. The number of nitrogens with one attached hydrogen (secondary N) is 1. The van der Waals surface area contributed by atoms with Crippen molar-refractivity contribution in [3.63, 3.8) is 0 Å². The van der Waals surface area contributed by atoms with Gasteiger partial charge in [0, 0.05) is 29.9 Å².